The number of rotatable bonds is 5. The van der Waals surface area contributed by atoms with Crippen LogP contribution in [0.1, 0.15) is 5.56 Å². The molecule has 0 saturated heterocycles. The van der Waals surface area contributed by atoms with E-state index in [-0.39, 0.29) is 0 Å². The van der Waals surface area contributed by atoms with E-state index < -0.39 is 0 Å². The molecule has 0 aromatic heterocycles. The van der Waals surface area contributed by atoms with E-state index in [1.165, 1.54) is 49.4 Å². The van der Waals surface area contributed by atoms with Gasteiger partial charge in [0.05, 0.1) is 0 Å². The fourth-order valence-corrected chi connectivity index (χ4v) is 5.68. The second-order valence-electron chi connectivity index (χ2n) is 10.3. The largest absolute Gasteiger partial charge is 0.311 e. The summed E-state index contributed by atoms with van der Waals surface area (Å²) in [5.74, 6) is 0. The first-order valence-electron chi connectivity index (χ1n) is 13.8. The molecule has 0 unspecified atom stereocenters. The van der Waals surface area contributed by atoms with Crippen molar-refractivity contribution in [2.24, 2.45) is 0 Å². The lowest BCUT2D eigenvalue weighted by Gasteiger charge is -2.26. The van der Waals surface area contributed by atoms with Gasteiger partial charge in [0, 0.05) is 17.1 Å². The summed E-state index contributed by atoms with van der Waals surface area (Å²) in [5.41, 5.74) is 9.60. The highest BCUT2D eigenvalue weighted by Crippen LogP contribution is 2.38. The third-order valence-electron chi connectivity index (χ3n) is 7.74. The van der Waals surface area contributed by atoms with Crippen molar-refractivity contribution in [3.05, 3.63) is 163 Å². The number of aryl methyl sites for hydroxylation is 1. The van der Waals surface area contributed by atoms with Gasteiger partial charge in [0.25, 0.3) is 0 Å². The molecule has 7 aromatic rings. The van der Waals surface area contributed by atoms with Gasteiger partial charge in [-0.1, -0.05) is 127 Å². The maximum absolute atomic E-state index is 2.33. The first kappa shape index (κ1) is 23.9. The van der Waals surface area contributed by atoms with Gasteiger partial charge in [0.2, 0.25) is 0 Å². The molecule has 0 atom stereocenters. The molecule has 7 aromatic carbocycles. The van der Waals surface area contributed by atoms with Crippen LogP contribution in [-0.2, 0) is 0 Å². The standard InChI is InChI=1S/C39H29N/c1-28-16-22-33(23-17-28)40(34-24-18-31(19-25-34)38-14-6-10-29-8-2-4-12-36(29)38)35-26-20-32(21-27-35)39-15-7-11-30-9-3-5-13-37(30)39/h2-27H,1H3. The predicted molar refractivity (Wildman–Crippen MR) is 172 cm³/mol. The van der Waals surface area contributed by atoms with Crippen LogP contribution in [-0.4, -0.2) is 0 Å². The van der Waals surface area contributed by atoms with Crippen molar-refractivity contribution < 1.29 is 0 Å². The van der Waals surface area contributed by atoms with E-state index in [0.717, 1.165) is 17.1 Å². The molecule has 1 nitrogen and oxygen atoms in total. The van der Waals surface area contributed by atoms with Crippen LogP contribution in [0.2, 0.25) is 0 Å². The zero-order valence-electron chi connectivity index (χ0n) is 22.5. The highest BCUT2D eigenvalue weighted by molar-refractivity contribution is 5.98. The summed E-state index contributed by atoms with van der Waals surface area (Å²) >= 11 is 0. The lowest BCUT2D eigenvalue weighted by molar-refractivity contribution is 1.28. The number of hydrogen-bond acceptors (Lipinski definition) is 1. The molecule has 0 aliphatic heterocycles. The maximum Gasteiger partial charge on any atom is 0.0462 e. The van der Waals surface area contributed by atoms with Gasteiger partial charge >= 0.3 is 0 Å². The second kappa shape index (κ2) is 10.2. The fourth-order valence-electron chi connectivity index (χ4n) is 5.68. The highest BCUT2D eigenvalue weighted by Gasteiger charge is 2.14. The quantitative estimate of drug-likeness (QED) is 0.222. The molecule has 7 rings (SSSR count). The molecule has 0 bridgehead atoms. The number of benzene rings is 7. The summed E-state index contributed by atoms with van der Waals surface area (Å²) in [6, 6.07) is 56.9. The van der Waals surface area contributed by atoms with Crippen molar-refractivity contribution in [1.82, 2.24) is 0 Å². The van der Waals surface area contributed by atoms with Crippen LogP contribution in [0.4, 0.5) is 17.1 Å². The lowest BCUT2D eigenvalue weighted by atomic mass is 9.97. The SMILES string of the molecule is Cc1ccc(N(c2ccc(-c3cccc4ccccc34)cc2)c2ccc(-c3cccc4ccccc34)cc2)cc1. The predicted octanol–water partition coefficient (Wildman–Crippen LogP) is 11.1. The van der Waals surface area contributed by atoms with Gasteiger partial charge in [0.15, 0.2) is 0 Å². The van der Waals surface area contributed by atoms with Gasteiger partial charge in [-0.05, 0) is 87.1 Å². The van der Waals surface area contributed by atoms with Crippen LogP contribution >= 0.6 is 0 Å². The zero-order chi connectivity index (χ0) is 26.9. The number of anilines is 3. The number of fused-ring (bicyclic) bond motifs is 2. The molecule has 0 saturated carbocycles. The minimum Gasteiger partial charge on any atom is -0.311 e. The summed E-state index contributed by atoms with van der Waals surface area (Å²) in [5, 5.41) is 5.07. The Morgan fingerprint density at radius 1 is 0.350 bits per heavy atom. The molecule has 190 valence electrons. The topological polar surface area (TPSA) is 3.24 Å². The smallest absolute Gasteiger partial charge is 0.0462 e. The summed E-state index contributed by atoms with van der Waals surface area (Å²) in [4.78, 5) is 2.33. The maximum atomic E-state index is 2.33. The Kier molecular flexibility index (Phi) is 6.11. The molecular formula is C39H29N. The molecule has 0 aliphatic rings. The fraction of sp³-hybridized carbons (Fsp3) is 0.0256. The van der Waals surface area contributed by atoms with E-state index in [1.54, 1.807) is 0 Å². The molecule has 0 amide bonds. The normalized spacial score (nSPS) is 11.1. The summed E-state index contributed by atoms with van der Waals surface area (Å²) in [7, 11) is 0. The van der Waals surface area contributed by atoms with E-state index >= 15 is 0 Å². The van der Waals surface area contributed by atoms with Crippen molar-refractivity contribution in [1.29, 1.82) is 0 Å². The van der Waals surface area contributed by atoms with Crippen molar-refractivity contribution in [3.8, 4) is 22.3 Å². The second-order valence-corrected chi connectivity index (χ2v) is 10.3. The van der Waals surface area contributed by atoms with Crippen LogP contribution in [0.3, 0.4) is 0 Å². The Balaban J connectivity index is 1.29. The van der Waals surface area contributed by atoms with Crippen LogP contribution in [0.25, 0.3) is 43.8 Å². The van der Waals surface area contributed by atoms with E-state index in [1.807, 2.05) is 0 Å². The van der Waals surface area contributed by atoms with E-state index in [2.05, 4.69) is 170 Å². The third-order valence-corrected chi connectivity index (χ3v) is 7.74. The number of hydrogen-bond donors (Lipinski definition) is 0. The Bertz CT molecular complexity index is 1800. The highest BCUT2D eigenvalue weighted by atomic mass is 15.1. The molecule has 40 heavy (non-hydrogen) atoms. The summed E-state index contributed by atoms with van der Waals surface area (Å²) < 4.78 is 0. The van der Waals surface area contributed by atoms with Crippen molar-refractivity contribution in [2.45, 2.75) is 6.92 Å². The minimum absolute atomic E-state index is 1.13. The van der Waals surface area contributed by atoms with Crippen LogP contribution in [0.15, 0.2) is 158 Å². The lowest BCUT2D eigenvalue weighted by Crippen LogP contribution is -2.09. The average molecular weight is 512 g/mol. The van der Waals surface area contributed by atoms with Gasteiger partial charge in [-0.15, -0.1) is 0 Å². The molecule has 1 heteroatoms. The summed E-state index contributed by atoms with van der Waals surface area (Å²) in [6.45, 7) is 2.13. The van der Waals surface area contributed by atoms with Crippen molar-refractivity contribution in [3.63, 3.8) is 0 Å². The molecule has 0 spiro atoms. The average Bonchev–Trinajstić information content (AvgIpc) is 3.02. The van der Waals surface area contributed by atoms with Gasteiger partial charge in [-0.2, -0.15) is 0 Å². The van der Waals surface area contributed by atoms with Gasteiger partial charge < -0.3 is 4.90 Å². The van der Waals surface area contributed by atoms with E-state index in [4.69, 9.17) is 0 Å². The van der Waals surface area contributed by atoms with Crippen LogP contribution < -0.4 is 4.90 Å². The third kappa shape index (κ3) is 4.42. The monoisotopic (exact) mass is 511 g/mol. The van der Waals surface area contributed by atoms with Gasteiger partial charge in [0.1, 0.15) is 0 Å². The minimum atomic E-state index is 1.13. The van der Waals surface area contributed by atoms with Crippen LogP contribution in [0.5, 0.6) is 0 Å². The van der Waals surface area contributed by atoms with Crippen molar-refractivity contribution in [2.75, 3.05) is 4.90 Å². The Labute approximate surface area is 235 Å². The van der Waals surface area contributed by atoms with E-state index in [9.17, 15) is 0 Å². The van der Waals surface area contributed by atoms with Gasteiger partial charge in [-0.3, -0.25) is 0 Å². The first-order valence-corrected chi connectivity index (χ1v) is 13.8. The zero-order valence-corrected chi connectivity index (χ0v) is 22.5. The van der Waals surface area contributed by atoms with E-state index in [0.29, 0.717) is 0 Å². The molecule has 0 aliphatic carbocycles. The Hall–Kier alpha value is -5.14. The molecular weight excluding hydrogens is 482 g/mol. The molecule has 0 radical (unpaired) electrons. The molecule has 0 heterocycles. The molecule has 0 N–H and O–H groups in total. The van der Waals surface area contributed by atoms with Gasteiger partial charge in [-0.25, -0.2) is 0 Å². The number of nitrogens with zero attached hydrogens (tertiary/aromatic N) is 1. The Morgan fingerprint density at radius 3 is 1.18 bits per heavy atom. The van der Waals surface area contributed by atoms with Crippen molar-refractivity contribution >= 4 is 38.6 Å². The Morgan fingerprint density at radius 2 is 0.725 bits per heavy atom. The van der Waals surface area contributed by atoms with Crippen LogP contribution in [0, 0.1) is 6.92 Å². The molecule has 0 fully saturated rings. The summed E-state index contributed by atoms with van der Waals surface area (Å²) in [6.07, 6.45) is 0. The first-order chi connectivity index (χ1) is 19.7.